The number of rotatable bonds is 2. The van der Waals surface area contributed by atoms with Crippen LogP contribution in [0.1, 0.15) is 38.1 Å². The third kappa shape index (κ3) is 1.76. The average Bonchev–Trinajstić information content (AvgIpc) is 3.23. The van der Waals surface area contributed by atoms with Gasteiger partial charge in [-0.05, 0) is 61.5 Å². The van der Waals surface area contributed by atoms with Crippen LogP contribution in [0.5, 0.6) is 0 Å². The highest BCUT2D eigenvalue weighted by atomic mass is 16.1. The standard InChI is InChI=1S/C20H20N4O/c25-19-17-11-22-24(15-4-2-1-3-5-15)18(17)21-12-23(19)16-8-13-6-7-20(13)10-14(20)9-16/h1-5,11-14,16H,6-10H2. The van der Waals surface area contributed by atoms with Crippen molar-refractivity contribution in [2.45, 2.75) is 38.1 Å². The maximum Gasteiger partial charge on any atom is 0.264 e. The number of aromatic nitrogens is 4. The van der Waals surface area contributed by atoms with Gasteiger partial charge in [0.2, 0.25) is 0 Å². The molecule has 0 aliphatic heterocycles. The molecule has 3 aromatic rings. The van der Waals surface area contributed by atoms with Crippen molar-refractivity contribution in [3.05, 3.63) is 53.2 Å². The number of hydrogen-bond donors (Lipinski definition) is 0. The van der Waals surface area contributed by atoms with Gasteiger partial charge in [-0.2, -0.15) is 5.10 Å². The average molecular weight is 332 g/mol. The third-order valence-corrected chi connectivity index (χ3v) is 7.07. The van der Waals surface area contributed by atoms with Crippen LogP contribution in [-0.2, 0) is 0 Å². The second kappa shape index (κ2) is 4.59. The Morgan fingerprint density at radius 1 is 1.12 bits per heavy atom. The van der Waals surface area contributed by atoms with Crippen LogP contribution in [0.25, 0.3) is 16.7 Å². The van der Waals surface area contributed by atoms with Gasteiger partial charge < -0.3 is 0 Å². The molecule has 5 heteroatoms. The molecule has 6 rings (SSSR count). The Morgan fingerprint density at radius 3 is 2.72 bits per heavy atom. The maximum absolute atomic E-state index is 13.1. The van der Waals surface area contributed by atoms with Crippen LogP contribution in [0.4, 0.5) is 0 Å². The molecule has 0 amide bonds. The molecule has 25 heavy (non-hydrogen) atoms. The van der Waals surface area contributed by atoms with Gasteiger partial charge >= 0.3 is 0 Å². The first-order valence-electron chi connectivity index (χ1n) is 9.26. The van der Waals surface area contributed by atoms with Crippen molar-refractivity contribution in [3.63, 3.8) is 0 Å². The van der Waals surface area contributed by atoms with E-state index in [0.717, 1.165) is 30.4 Å². The zero-order chi connectivity index (χ0) is 16.6. The van der Waals surface area contributed by atoms with Crippen LogP contribution >= 0.6 is 0 Å². The highest BCUT2D eigenvalue weighted by Crippen LogP contribution is 2.74. The van der Waals surface area contributed by atoms with Crippen LogP contribution in [0.2, 0.25) is 0 Å². The largest absolute Gasteiger partial charge is 0.295 e. The molecule has 0 N–H and O–H groups in total. The molecule has 126 valence electrons. The van der Waals surface area contributed by atoms with E-state index in [1.54, 1.807) is 17.2 Å². The monoisotopic (exact) mass is 332 g/mol. The molecule has 3 aliphatic rings. The van der Waals surface area contributed by atoms with Crippen molar-refractivity contribution in [1.82, 2.24) is 19.3 Å². The molecule has 2 aromatic heterocycles. The topological polar surface area (TPSA) is 52.7 Å². The first kappa shape index (κ1) is 13.8. The summed E-state index contributed by atoms with van der Waals surface area (Å²) in [5.74, 6) is 1.69. The predicted octanol–water partition coefficient (Wildman–Crippen LogP) is 3.33. The number of hydrogen-bond acceptors (Lipinski definition) is 3. The second-order valence-electron chi connectivity index (χ2n) is 8.08. The first-order chi connectivity index (χ1) is 12.3. The summed E-state index contributed by atoms with van der Waals surface area (Å²) in [6.45, 7) is 0. The second-order valence-corrected chi connectivity index (χ2v) is 8.08. The fraction of sp³-hybridized carbons (Fsp3) is 0.450. The van der Waals surface area contributed by atoms with Crippen molar-refractivity contribution >= 4 is 11.0 Å². The van der Waals surface area contributed by atoms with Crippen molar-refractivity contribution in [2.24, 2.45) is 17.3 Å². The fourth-order valence-electron chi connectivity index (χ4n) is 5.52. The Morgan fingerprint density at radius 2 is 1.96 bits per heavy atom. The van der Waals surface area contributed by atoms with Crippen molar-refractivity contribution in [1.29, 1.82) is 0 Å². The van der Waals surface area contributed by atoms with E-state index in [1.165, 1.54) is 19.3 Å². The lowest BCUT2D eigenvalue weighted by Crippen LogP contribution is -2.38. The van der Waals surface area contributed by atoms with E-state index < -0.39 is 0 Å². The maximum atomic E-state index is 13.1. The van der Waals surface area contributed by atoms with E-state index >= 15 is 0 Å². The minimum absolute atomic E-state index is 0.0599. The Hall–Kier alpha value is -2.43. The quantitative estimate of drug-likeness (QED) is 0.723. The van der Waals surface area contributed by atoms with E-state index in [1.807, 2.05) is 34.9 Å². The Labute approximate surface area is 145 Å². The molecular formula is C20H20N4O. The van der Waals surface area contributed by atoms with Gasteiger partial charge in [-0.25, -0.2) is 9.67 Å². The SMILES string of the molecule is O=c1c2cnn(-c3ccccc3)c2ncn1C1CC2CCC23CC3C1. The molecule has 3 saturated carbocycles. The summed E-state index contributed by atoms with van der Waals surface area (Å²) < 4.78 is 3.64. The van der Waals surface area contributed by atoms with E-state index in [4.69, 9.17) is 0 Å². The summed E-state index contributed by atoms with van der Waals surface area (Å²) in [4.78, 5) is 17.7. The lowest BCUT2D eigenvalue weighted by molar-refractivity contribution is 0.0604. The van der Waals surface area contributed by atoms with E-state index in [0.29, 0.717) is 22.5 Å². The summed E-state index contributed by atoms with van der Waals surface area (Å²) in [6.07, 6.45) is 9.89. The lowest BCUT2D eigenvalue weighted by Gasteiger charge is -2.44. The highest BCUT2D eigenvalue weighted by molar-refractivity contribution is 5.74. The number of fused-ring (bicyclic) bond motifs is 1. The molecule has 2 heterocycles. The number of para-hydroxylation sites is 1. The minimum atomic E-state index is 0.0599. The molecular weight excluding hydrogens is 312 g/mol. The number of nitrogens with zero attached hydrogens (tertiary/aromatic N) is 4. The Kier molecular flexibility index (Phi) is 2.54. The van der Waals surface area contributed by atoms with Crippen molar-refractivity contribution in [3.8, 4) is 5.69 Å². The van der Waals surface area contributed by atoms with Gasteiger partial charge in [0.25, 0.3) is 5.56 Å². The van der Waals surface area contributed by atoms with Gasteiger partial charge in [0.05, 0.1) is 11.9 Å². The summed E-state index contributed by atoms with van der Waals surface area (Å²) in [6, 6.07) is 10.2. The van der Waals surface area contributed by atoms with Crippen LogP contribution < -0.4 is 5.56 Å². The smallest absolute Gasteiger partial charge is 0.264 e. The van der Waals surface area contributed by atoms with Crippen LogP contribution in [-0.4, -0.2) is 19.3 Å². The van der Waals surface area contributed by atoms with E-state index in [9.17, 15) is 4.79 Å². The minimum Gasteiger partial charge on any atom is -0.295 e. The Bertz CT molecular complexity index is 1040. The first-order valence-corrected chi connectivity index (χ1v) is 9.26. The number of benzene rings is 1. The molecule has 4 unspecified atom stereocenters. The van der Waals surface area contributed by atoms with E-state index in [2.05, 4.69) is 10.1 Å². The van der Waals surface area contributed by atoms with Gasteiger partial charge in [0.1, 0.15) is 11.7 Å². The lowest BCUT2D eigenvalue weighted by atomic mass is 9.62. The summed E-state index contributed by atoms with van der Waals surface area (Å²) >= 11 is 0. The van der Waals surface area contributed by atoms with Crippen LogP contribution in [0, 0.1) is 17.3 Å². The zero-order valence-electron chi connectivity index (χ0n) is 14.0. The molecule has 1 aromatic carbocycles. The molecule has 0 saturated heterocycles. The summed E-state index contributed by atoms with van der Waals surface area (Å²) in [5, 5.41) is 5.03. The van der Waals surface area contributed by atoms with Gasteiger partial charge in [-0.15, -0.1) is 0 Å². The molecule has 4 atom stereocenters. The molecule has 0 radical (unpaired) electrons. The Balaban J connectivity index is 1.42. The third-order valence-electron chi connectivity index (χ3n) is 7.07. The summed E-state index contributed by atoms with van der Waals surface area (Å²) in [7, 11) is 0. The van der Waals surface area contributed by atoms with Gasteiger partial charge in [-0.1, -0.05) is 18.2 Å². The zero-order valence-corrected chi connectivity index (χ0v) is 14.0. The van der Waals surface area contributed by atoms with Crippen LogP contribution in [0.15, 0.2) is 47.7 Å². The normalized spacial score (nSPS) is 32.7. The van der Waals surface area contributed by atoms with Crippen LogP contribution in [0.3, 0.4) is 0 Å². The summed E-state index contributed by atoms with van der Waals surface area (Å²) in [5.41, 5.74) is 2.32. The fourth-order valence-corrected chi connectivity index (χ4v) is 5.52. The molecule has 5 nitrogen and oxygen atoms in total. The molecule has 3 aliphatic carbocycles. The van der Waals surface area contributed by atoms with E-state index in [-0.39, 0.29) is 5.56 Å². The predicted molar refractivity (Wildman–Crippen MR) is 94.7 cm³/mol. The molecule has 0 bridgehead atoms. The van der Waals surface area contributed by atoms with Crippen molar-refractivity contribution in [2.75, 3.05) is 0 Å². The van der Waals surface area contributed by atoms with Gasteiger partial charge in [-0.3, -0.25) is 9.36 Å². The molecule has 1 spiro atoms. The highest BCUT2D eigenvalue weighted by Gasteiger charge is 2.66. The van der Waals surface area contributed by atoms with Gasteiger partial charge in [0.15, 0.2) is 5.65 Å². The molecule has 3 fully saturated rings. The van der Waals surface area contributed by atoms with Crippen molar-refractivity contribution < 1.29 is 0 Å². The van der Waals surface area contributed by atoms with Gasteiger partial charge in [0, 0.05) is 6.04 Å².